The van der Waals surface area contributed by atoms with Crippen LogP contribution in [0.5, 0.6) is 17.4 Å². The second-order valence-electron chi connectivity index (χ2n) is 3.37. The van der Waals surface area contributed by atoms with E-state index in [0.717, 1.165) is 0 Å². The number of hydrogen-bond acceptors (Lipinski definition) is 7. The lowest BCUT2D eigenvalue weighted by Gasteiger charge is -2.07. The smallest absolute Gasteiger partial charge is 0.311 e. The summed E-state index contributed by atoms with van der Waals surface area (Å²) in [6.07, 6.45) is 0. The Labute approximate surface area is 122 Å². The monoisotopic (exact) mass is 316 g/mol. The zero-order valence-corrected chi connectivity index (χ0v) is 11.4. The van der Waals surface area contributed by atoms with E-state index in [0.29, 0.717) is 5.75 Å². The summed E-state index contributed by atoms with van der Waals surface area (Å²) in [4.78, 5) is 14.0. The Bertz CT molecular complexity index is 668. The summed E-state index contributed by atoms with van der Waals surface area (Å²) < 4.78 is 10.2. The molecular weight excluding hydrogens is 311 g/mol. The fourth-order valence-electron chi connectivity index (χ4n) is 1.30. The van der Waals surface area contributed by atoms with E-state index < -0.39 is 4.92 Å². The lowest BCUT2D eigenvalue weighted by molar-refractivity contribution is -0.385. The van der Waals surface area contributed by atoms with Crippen LogP contribution in [0.25, 0.3) is 0 Å². The molecule has 0 aliphatic heterocycles. The molecule has 20 heavy (non-hydrogen) atoms. The average molecular weight is 317 g/mol. The molecule has 0 atom stereocenters. The Balaban J connectivity index is 2.45. The van der Waals surface area contributed by atoms with Crippen LogP contribution < -0.4 is 9.47 Å². The van der Waals surface area contributed by atoms with Crippen molar-refractivity contribution in [3.05, 3.63) is 38.8 Å². The molecule has 10 heteroatoms. The maximum Gasteiger partial charge on any atom is 0.311 e. The van der Waals surface area contributed by atoms with Crippen LogP contribution in [0.1, 0.15) is 0 Å². The third kappa shape index (κ3) is 3.03. The predicted octanol–water partition coefficient (Wildman–Crippen LogP) is 2.89. The Morgan fingerprint density at radius 1 is 1.30 bits per heavy atom. The molecule has 0 aliphatic carbocycles. The van der Waals surface area contributed by atoms with Gasteiger partial charge in [-0.3, -0.25) is 10.1 Å². The maximum atomic E-state index is 10.9. The van der Waals surface area contributed by atoms with Crippen molar-refractivity contribution in [2.75, 3.05) is 7.11 Å². The lowest BCUT2D eigenvalue weighted by atomic mass is 10.3. The van der Waals surface area contributed by atoms with Crippen molar-refractivity contribution in [1.29, 1.82) is 0 Å². The van der Waals surface area contributed by atoms with Gasteiger partial charge >= 0.3 is 5.69 Å². The third-order valence-electron chi connectivity index (χ3n) is 2.16. The molecule has 0 fully saturated rings. The summed E-state index contributed by atoms with van der Waals surface area (Å²) >= 11 is 11.3. The third-order valence-corrected chi connectivity index (χ3v) is 2.56. The minimum absolute atomic E-state index is 0.104. The van der Waals surface area contributed by atoms with Gasteiger partial charge in [-0.05, 0) is 17.7 Å². The number of nitro groups is 1. The van der Waals surface area contributed by atoms with E-state index in [1.165, 1.54) is 25.3 Å². The summed E-state index contributed by atoms with van der Waals surface area (Å²) in [6.45, 7) is 0. The van der Waals surface area contributed by atoms with E-state index >= 15 is 0 Å². The highest BCUT2D eigenvalue weighted by Crippen LogP contribution is 2.35. The average Bonchev–Trinajstić information content (AvgIpc) is 2.42. The van der Waals surface area contributed by atoms with Crippen molar-refractivity contribution in [2.45, 2.75) is 0 Å². The number of rotatable bonds is 4. The summed E-state index contributed by atoms with van der Waals surface area (Å²) in [5, 5.41) is 17.5. The quantitative estimate of drug-likeness (QED) is 0.631. The highest BCUT2D eigenvalue weighted by Gasteiger charge is 2.19. The fraction of sp³-hybridized carbons (Fsp3) is 0.100. The van der Waals surface area contributed by atoms with Gasteiger partial charge in [-0.1, -0.05) is 11.6 Å². The molecule has 0 spiro atoms. The van der Waals surface area contributed by atoms with Gasteiger partial charge in [-0.25, -0.2) is 0 Å². The second kappa shape index (κ2) is 5.85. The standard InChI is InChI=1S/C10H6Cl2N4O4/c1-19-5-2-3-6(16(17)18)7(4-5)20-9-8(11)14-15-10(12)13-9/h2-4H,1H3. The van der Waals surface area contributed by atoms with Gasteiger partial charge in [0.25, 0.3) is 5.88 Å². The van der Waals surface area contributed by atoms with Crippen LogP contribution in [0.4, 0.5) is 5.69 Å². The molecule has 1 aromatic carbocycles. The largest absolute Gasteiger partial charge is 0.497 e. The van der Waals surface area contributed by atoms with Crippen LogP contribution in [0.3, 0.4) is 0 Å². The maximum absolute atomic E-state index is 10.9. The first-order valence-electron chi connectivity index (χ1n) is 5.07. The molecule has 2 aromatic rings. The summed E-state index contributed by atoms with van der Waals surface area (Å²) in [5.74, 6) is 0.0747. The molecule has 1 aromatic heterocycles. The van der Waals surface area contributed by atoms with Crippen LogP contribution in [0.2, 0.25) is 10.4 Å². The predicted molar refractivity (Wildman–Crippen MR) is 69.6 cm³/mol. The minimum Gasteiger partial charge on any atom is -0.497 e. The van der Waals surface area contributed by atoms with Gasteiger partial charge in [-0.15, -0.1) is 10.2 Å². The summed E-state index contributed by atoms with van der Waals surface area (Å²) in [7, 11) is 1.42. The highest BCUT2D eigenvalue weighted by atomic mass is 35.5. The van der Waals surface area contributed by atoms with E-state index in [1.807, 2.05) is 0 Å². The normalized spacial score (nSPS) is 10.2. The summed E-state index contributed by atoms with van der Waals surface area (Å²) in [5.41, 5.74) is -0.281. The van der Waals surface area contributed by atoms with Gasteiger partial charge < -0.3 is 9.47 Å². The second-order valence-corrected chi connectivity index (χ2v) is 4.07. The number of nitro benzene ring substituents is 1. The van der Waals surface area contributed by atoms with E-state index in [9.17, 15) is 10.1 Å². The highest BCUT2D eigenvalue weighted by molar-refractivity contribution is 6.31. The van der Waals surface area contributed by atoms with Gasteiger partial charge in [-0.2, -0.15) is 4.98 Å². The first-order chi connectivity index (χ1) is 9.51. The number of aromatic nitrogens is 3. The molecule has 8 nitrogen and oxygen atoms in total. The Kier molecular flexibility index (Phi) is 4.16. The Morgan fingerprint density at radius 2 is 2.05 bits per heavy atom. The number of hydrogen-bond donors (Lipinski definition) is 0. The molecular formula is C10H6Cl2N4O4. The molecule has 0 aliphatic rings. The number of ether oxygens (including phenoxy) is 2. The molecule has 0 unspecified atom stereocenters. The molecule has 104 valence electrons. The SMILES string of the molecule is COc1ccc([N+](=O)[O-])c(Oc2nc(Cl)nnc2Cl)c1. The Hall–Kier alpha value is -2.19. The van der Waals surface area contributed by atoms with E-state index in [4.69, 9.17) is 32.7 Å². The lowest BCUT2D eigenvalue weighted by Crippen LogP contribution is -1.98. The van der Waals surface area contributed by atoms with Crippen LogP contribution in [-0.4, -0.2) is 27.2 Å². The van der Waals surface area contributed by atoms with Crippen molar-refractivity contribution >= 4 is 28.9 Å². The van der Waals surface area contributed by atoms with E-state index in [2.05, 4.69) is 15.2 Å². The molecule has 0 saturated carbocycles. The molecule has 1 heterocycles. The van der Waals surface area contributed by atoms with Crippen LogP contribution in [0.15, 0.2) is 18.2 Å². The van der Waals surface area contributed by atoms with Gasteiger partial charge in [0.15, 0.2) is 0 Å². The van der Waals surface area contributed by atoms with Crippen molar-refractivity contribution in [3.63, 3.8) is 0 Å². The van der Waals surface area contributed by atoms with Crippen molar-refractivity contribution in [1.82, 2.24) is 15.2 Å². The van der Waals surface area contributed by atoms with Gasteiger partial charge in [0, 0.05) is 12.1 Å². The molecule has 0 bridgehead atoms. The minimum atomic E-state index is -0.612. The van der Waals surface area contributed by atoms with Gasteiger partial charge in [0.2, 0.25) is 16.2 Å². The first kappa shape index (κ1) is 14.2. The fourth-order valence-corrected chi connectivity index (χ4v) is 1.54. The van der Waals surface area contributed by atoms with E-state index in [1.54, 1.807) is 0 Å². The molecule has 2 rings (SSSR count). The van der Waals surface area contributed by atoms with Gasteiger partial charge in [0.05, 0.1) is 12.0 Å². The number of methoxy groups -OCH3 is 1. The number of nitrogens with zero attached hydrogens (tertiary/aromatic N) is 4. The van der Waals surface area contributed by atoms with Crippen LogP contribution in [0, 0.1) is 10.1 Å². The van der Waals surface area contributed by atoms with Crippen molar-refractivity contribution < 1.29 is 14.4 Å². The van der Waals surface area contributed by atoms with Crippen LogP contribution in [-0.2, 0) is 0 Å². The number of benzene rings is 1. The first-order valence-corrected chi connectivity index (χ1v) is 5.83. The van der Waals surface area contributed by atoms with Crippen molar-refractivity contribution in [3.8, 4) is 17.4 Å². The summed E-state index contributed by atoms with van der Waals surface area (Å²) in [6, 6.07) is 3.99. The zero-order chi connectivity index (χ0) is 14.7. The zero-order valence-electron chi connectivity index (χ0n) is 9.91. The Morgan fingerprint density at radius 3 is 2.70 bits per heavy atom. The number of halogens is 2. The van der Waals surface area contributed by atoms with Gasteiger partial charge in [0.1, 0.15) is 5.75 Å². The van der Waals surface area contributed by atoms with E-state index in [-0.39, 0.29) is 27.8 Å². The topological polar surface area (TPSA) is 100 Å². The van der Waals surface area contributed by atoms with Crippen molar-refractivity contribution in [2.24, 2.45) is 0 Å². The molecule has 0 radical (unpaired) electrons. The van der Waals surface area contributed by atoms with Crippen LogP contribution >= 0.6 is 23.2 Å². The molecule has 0 amide bonds. The molecule has 0 N–H and O–H groups in total. The molecule has 0 saturated heterocycles.